The Labute approximate surface area is 248 Å². The number of benzene rings is 4. The average molecular weight is 606 g/mol. The first-order chi connectivity index (χ1) is 20.7. The van der Waals surface area contributed by atoms with Gasteiger partial charge in [-0.2, -0.15) is 18.3 Å². The van der Waals surface area contributed by atoms with Gasteiger partial charge in [-0.15, -0.1) is 0 Å². The van der Waals surface area contributed by atoms with Gasteiger partial charge in [0.15, 0.2) is 11.5 Å². The minimum atomic E-state index is -4.63. The van der Waals surface area contributed by atoms with Gasteiger partial charge in [-0.3, -0.25) is 4.79 Å². The van der Waals surface area contributed by atoms with Gasteiger partial charge in [-0.05, 0) is 66.6 Å². The van der Waals surface area contributed by atoms with Crippen LogP contribution in [0.2, 0.25) is 5.02 Å². The number of H-pyrrole nitrogens is 1. The number of aromatic nitrogens is 1. The fourth-order valence-electron chi connectivity index (χ4n) is 4.45. The van der Waals surface area contributed by atoms with Gasteiger partial charge in [0.25, 0.3) is 5.91 Å². The Hall–Kier alpha value is -5.09. The van der Waals surface area contributed by atoms with Crippen LogP contribution in [-0.2, 0) is 6.18 Å². The summed E-state index contributed by atoms with van der Waals surface area (Å²) in [7, 11) is 0. The van der Waals surface area contributed by atoms with Crippen molar-refractivity contribution >= 4 is 40.6 Å². The molecular weight excluding hydrogens is 583 g/mol. The number of carbonyl (C=O) groups excluding carboxylic acids is 2. The molecule has 0 aliphatic heterocycles. The lowest BCUT2D eigenvalue weighted by atomic mass is 10.0. The number of nitrogens with one attached hydrogen (secondary N) is 2. The first-order valence-corrected chi connectivity index (χ1v) is 13.4. The summed E-state index contributed by atoms with van der Waals surface area (Å²) in [5, 5.41) is 4.73. The minimum Gasteiger partial charge on any atom is -0.490 e. The van der Waals surface area contributed by atoms with Gasteiger partial charge >= 0.3 is 12.1 Å². The number of amides is 1. The van der Waals surface area contributed by atoms with E-state index < -0.39 is 23.6 Å². The van der Waals surface area contributed by atoms with Crippen LogP contribution < -0.4 is 14.9 Å². The summed E-state index contributed by atoms with van der Waals surface area (Å²) in [5.41, 5.74) is 2.90. The monoisotopic (exact) mass is 605 g/mol. The molecule has 0 aliphatic carbocycles. The maximum absolute atomic E-state index is 13.8. The molecule has 4 aromatic carbocycles. The van der Waals surface area contributed by atoms with E-state index in [1.807, 2.05) is 0 Å². The van der Waals surface area contributed by atoms with Crippen molar-refractivity contribution in [3.05, 3.63) is 118 Å². The number of halogens is 4. The molecule has 0 saturated heterocycles. The fraction of sp³-hybridized carbons (Fsp3) is 0.0938. The molecule has 0 atom stereocenters. The molecule has 0 unspecified atom stereocenters. The van der Waals surface area contributed by atoms with Gasteiger partial charge in [-0.1, -0.05) is 54.1 Å². The fourth-order valence-corrected chi connectivity index (χ4v) is 4.58. The number of hydrazone groups is 1. The summed E-state index contributed by atoms with van der Waals surface area (Å²) >= 11 is 5.88. The van der Waals surface area contributed by atoms with Crippen LogP contribution in [0.3, 0.4) is 0 Å². The topological polar surface area (TPSA) is 92.8 Å². The maximum Gasteiger partial charge on any atom is 0.418 e. The van der Waals surface area contributed by atoms with Crippen molar-refractivity contribution in [2.75, 3.05) is 6.61 Å². The quantitative estimate of drug-likeness (QED) is 0.0814. The van der Waals surface area contributed by atoms with Gasteiger partial charge in [0.1, 0.15) is 5.69 Å². The Kier molecular flexibility index (Phi) is 8.49. The molecule has 43 heavy (non-hydrogen) atoms. The van der Waals surface area contributed by atoms with Gasteiger partial charge in [0.2, 0.25) is 0 Å². The first kappa shape index (κ1) is 29.4. The number of para-hydroxylation sites is 1. The Morgan fingerprint density at radius 3 is 2.40 bits per heavy atom. The first-order valence-electron chi connectivity index (χ1n) is 13.0. The molecule has 2 N–H and O–H groups in total. The maximum atomic E-state index is 13.8. The predicted octanol–water partition coefficient (Wildman–Crippen LogP) is 7.89. The number of rotatable bonds is 8. The molecule has 1 heterocycles. The van der Waals surface area contributed by atoms with E-state index in [1.54, 1.807) is 61.5 Å². The summed E-state index contributed by atoms with van der Waals surface area (Å²) in [4.78, 5) is 28.5. The molecule has 218 valence electrons. The molecule has 5 aromatic rings. The Morgan fingerprint density at radius 2 is 1.70 bits per heavy atom. The normalized spacial score (nSPS) is 11.6. The van der Waals surface area contributed by atoms with E-state index in [0.717, 1.165) is 6.07 Å². The second-order valence-electron chi connectivity index (χ2n) is 9.20. The van der Waals surface area contributed by atoms with E-state index in [9.17, 15) is 22.8 Å². The SMILES string of the molecule is CCOc1cc(C=NNC(=O)c2[nH]c3c(C(F)(F)F)cccc3c2-c2ccccc2)ccc1OC(=O)c1ccc(Cl)cc1. The standard InChI is InChI=1S/C32H23ClF3N3O4/c1-2-42-26-17-19(11-16-25(26)43-31(41)21-12-14-22(33)15-13-21)18-37-39-30(40)29-27(20-7-4-3-5-8-20)23-9-6-10-24(28(23)38-29)32(34,35)36/h3-18,38H,2H2,1H3,(H,39,40). The number of hydrogen-bond acceptors (Lipinski definition) is 5. The molecule has 0 saturated carbocycles. The molecule has 1 aromatic heterocycles. The van der Waals surface area contributed by atoms with E-state index in [1.165, 1.54) is 36.5 Å². The number of alkyl halides is 3. The van der Waals surface area contributed by atoms with Crippen molar-refractivity contribution in [3.63, 3.8) is 0 Å². The average Bonchev–Trinajstić information content (AvgIpc) is 3.38. The number of ether oxygens (including phenoxy) is 2. The van der Waals surface area contributed by atoms with Crippen molar-refractivity contribution in [2.45, 2.75) is 13.1 Å². The van der Waals surface area contributed by atoms with E-state index in [-0.39, 0.29) is 34.7 Å². The molecule has 0 radical (unpaired) electrons. The minimum absolute atomic E-state index is 0.0745. The van der Waals surface area contributed by atoms with Crippen LogP contribution in [0.4, 0.5) is 13.2 Å². The highest BCUT2D eigenvalue weighted by Crippen LogP contribution is 2.39. The Balaban J connectivity index is 1.40. The molecule has 0 aliphatic rings. The van der Waals surface area contributed by atoms with E-state index in [0.29, 0.717) is 27.3 Å². The zero-order valence-electron chi connectivity index (χ0n) is 22.5. The Morgan fingerprint density at radius 1 is 0.953 bits per heavy atom. The summed E-state index contributed by atoms with van der Waals surface area (Å²) < 4.78 is 52.4. The Bertz CT molecular complexity index is 1820. The van der Waals surface area contributed by atoms with E-state index >= 15 is 0 Å². The third-order valence-electron chi connectivity index (χ3n) is 6.36. The molecule has 0 spiro atoms. The predicted molar refractivity (Wildman–Crippen MR) is 158 cm³/mol. The summed E-state index contributed by atoms with van der Waals surface area (Å²) in [6.45, 7) is 2.05. The van der Waals surface area contributed by atoms with E-state index in [4.69, 9.17) is 21.1 Å². The molecule has 11 heteroatoms. The van der Waals surface area contributed by atoms with Crippen LogP contribution in [0.1, 0.15) is 38.9 Å². The van der Waals surface area contributed by atoms with Crippen LogP contribution in [0.15, 0.2) is 96.1 Å². The number of esters is 1. The highest BCUT2D eigenvalue weighted by molar-refractivity contribution is 6.30. The van der Waals surface area contributed by atoms with Crippen LogP contribution in [0, 0.1) is 0 Å². The van der Waals surface area contributed by atoms with Crippen LogP contribution in [0.5, 0.6) is 11.5 Å². The number of nitrogens with zero attached hydrogens (tertiary/aromatic N) is 1. The summed E-state index contributed by atoms with van der Waals surface area (Å²) in [6, 6.07) is 23.3. The summed E-state index contributed by atoms with van der Waals surface area (Å²) in [6.07, 6.45) is -3.30. The summed E-state index contributed by atoms with van der Waals surface area (Å²) in [5.74, 6) is -0.902. The molecule has 0 bridgehead atoms. The highest BCUT2D eigenvalue weighted by Gasteiger charge is 2.34. The number of aromatic amines is 1. The van der Waals surface area contributed by atoms with Crippen molar-refractivity contribution in [1.29, 1.82) is 0 Å². The van der Waals surface area contributed by atoms with Crippen LogP contribution >= 0.6 is 11.6 Å². The van der Waals surface area contributed by atoms with Crippen molar-refractivity contribution in [2.24, 2.45) is 5.10 Å². The molecule has 7 nitrogen and oxygen atoms in total. The van der Waals surface area contributed by atoms with Crippen LogP contribution in [-0.4, -0.2) is 29.7 Å². The van der Waals surface area contributed by atoms with Crippen molar-refractivity contribution in [1.82, 2.24) is 10.4 Å². The molecule has 5 rings (SSSR count). The third-order valence-corrected chi connectivity index (χ3v) is 6.61. The van der Waals surface area contributed by atoms with E-state index in [2.05, 4.69) is 15.5 Å². The van der Waals surface area contributed by atoms with Crippen LogP contribution in [0.25, 0.3) is 22.0 Å². The van der Waals surface area contributed by atoms with Gasteiger partial charge in [-0.25, -0.2) is 10.2 Å². The second kappa shape index (κ2) is 12.4. The second-order valence-corrected chi connectivity index (χ2v) is 9.64. The van der Waals surface area contributed by atoms with Crippen molar-refractivity contribution < 1.29 is 32.2 Å². The number of hydrogen-bond donors (Lipinski definition) is 2. The molecular formula is C32H23ClF3N3O4. The lowest BCUT2D eigenvalue weighted by molar-refractivity contribution is -0.136. The molecule has 1 amide bonds. The zero-order valence-corrected chi connectivity index (χ0v) is 23.3. The lowest BCUT2D eigenvalue weighted by Gasteiger charge is -2.11. The van der Waals surface area contributed by atoms with Gasteiger partial charge < -0.3 is 14.5 Å². The zero-order chi connectivity index (χ0) is 30.6. The smallest absolute Gasteiger partial charge is 0.418 e. The van der Waals surface area contributed by atoms with Gasteiger partial charge in [0, 0.05) is 16.0 Å². The largest absolute Gasteiger partial charge is 0.490 e. The lowest BCUT2D eigenvalue weighted by Crippen LogP contribution is -2.19. The van der Waals surface area contributed by atoms with Gasteiger partial charge in [0.05, 0.1) is 29.5 Å². The number of fused-ring (bicyclic) bond motifs is 1. The molecule has 0 fully saturated rings. The number of carbonyl (C=O) groups is 2. The third kappa shape index (κ3) is 6.54. The van der Waals surface area contributed by atoms with Crippen molar-refractivity contribution in [3.8, 4) is 22.6 Å². The highest BCUT2D eigenvalue weighted by atomic mass is 35.5.